The number of aliphatic carboxylic acids is 1. The normalized spacial score (nSPS) is 10.3. The van der Waals surface area contributed by atoms with Crippen LogP contribution in [0.2, 0.25) is 0 Å². The van der Waals surface area contributed by atoms with Crippen LogP contribution >= 0.6 is 0 Å². The van der Waals surface area contributed by atoms with Gasteiger partial charge in [-0.05, 0) is 31.3 Å². The van der Waals surface area contributed by atoms with Crippen molar-refractivity contribution < 1.29 is 9.90 Å². The third kappa shape index (κ3) is 3.22. The molecule has 15 heavy (non-hydrogen) atoms. The second kappa shape index (κ2) is 4.75. The van der Waals surface area contributed by atoms with Crippen LogP contribution in [0.4, 0.5) is 0 Å². The molecule has 0 aliphatic heterocycles. The highest BCUT2D eigenvalue weighted by molar-refractivity contribution is 6.14. The van der Waals surface area contributed by atoms with Crippen molar-refractivity contribution in [2.24, 2.45) is 0 Å². The van der Waals surface area contributed by atoms with Gasteiger partial charge in [-0.2, -0.15) is 0 Å². The van der Waals surface area contributed by atoms with Crippen molar-refractivity contribution in [2.45, 2.75) is 6.54 Å². The largest absolute Gasteiger partial charge is 0.478 e. The van der Waals surface area contributed by atoms with E-state index < -0.39 is 5.97 Å². The molecular formula is C12H15NO2. The lowest BCUT2D eigenvalue weighted by atomic mass is 10.0. The van der Waals surface area contributed by atoms with Crippen LogP contribution in [0, 0.1) is 0 Å². The van der Waals surface area contributed by atoms with Crippen molar-refractivity contribution in [3.63, 3.8) is 0 Å². The van der Waals surface area contributed by atoms with Crippen molar-refractivity contribution in [3.8, 4) is 0 Å². The number of carboxylic acids is 1. The summed E-state index contributed by atoms with van der Waals surface area (Å²) in [5.41, 5.74) is 1.89. The lowest BCUT2D eigenvalue weighted by molar-refractivity contribution is -0.130. The molecule has 0 heterocycles. The molecule has 0 bridgehead atoms. The molecule has 1 rings (SSSR count). The molecule has 0 atom stereocenters. The Morgan fingerprint density at radius 3 is 2.67 bits per heavy atom. The fraction of sp³-hybridized carbons (Fsp3) is 0.250. The van der Waals surface area contributed by atoms with E-state index in [-0.39, 0.29) is 5.57 Å². The predicted molar refractivity (Wildman–Crippen MR) is 60.5 cm³/mol. The minimum Gasteiger partial charge on any atom is -0.478 e. The minimum absolute atomic E-state index is 0.135. The Morgan fingerprint density at radius 2 is 2.13 bits per heavy atom. The monoisotopic (exact) mass is 205 g/mol. The molecule has 1 aromatic carbocycles. The third-order valence-electron chi connectivity index (χ3n) is 2.03. The van der Waals surface area contributed by atoms with Gasteiger partial charge in [0.1, 0.15) is 0 Å². The lowest BCUT2D eigenvalue weighted by Crippen LogP contribution is -2.10. The molecule has 0 aliphatic rings. The number of benzene rings is 1. The second-order valence-electron chi connectivity index (χ2n) is 3.72. The smallest absolute Gasteiger partial charge is 0.335 e. The summed E-state index contributed by atoms with van der Waals surface area (Å²) in [5.74, 6) is -0.975. The summed E-state index contributed by atoms with van der Waals surface area (Å²) in [7, 11) is 3.94. The van der Waals surface area contributed by atoms with Gasteiger partial charge in [0.05, 0.1) is 5.57 Å². The van der Waals surface area contributed by atoms with E-state index in [1.54, 1.807) is 6.07 Å². The topological polar surface area (TPSA) is 40.5 Å². The molecule has 0 radical (unpaired) electrons. The van der Waals surface area contributed by atoms with E-state index >= 15 is 0 Å². The molecule has 0 fully saturated rings. The number of nitrogens with zero attached hydrogens (tertiary/aromatic N) is 1. The van der Waals surface area contributed by atoms with Gasteiger partial charge < -0.3 is 10.0 Å². The molecule has 80 valence electrons. The lowest BCUT2D eigenvalue weighted by Gasteiger charge is -2.10. The summed E-state index contributed by atoms with van der Waals surface area (Å²) >= 11 is 0. The Kier molecular flexibility index (Phi) is 3.63. The van der Waals surface area contributed by atoms with Gasteiger partial charge in [0.2, 0.25) is 0 Å². The number of carbonyl (C=O) groups is 1. The molecule has 3 nitrogen and oxygen atoms in total. The van der Waals surface area contributed by atoms with Crippen molar-refractivity contribution in [3.05, 3.63) is 42.0 Å². The summed E-state index contributed by atoms with van der Waals surface area (Å²) in [6.07, 6.45) is 0. The molecule has 0 saturated carbocycles. The van der Waals surface area contributed by atoms with E-state index in [0.29, 0.717) is 5.56 Å². The molecule has 0 aliphatic carbocycles. The SMILES string of the molecule is C=C(C(=O)O)c1cccc(CN(C)C)c1. The van der Waals surface area contributed by atoms with Crippen LogP contribution in [-0.4, -0.2) is 30.1 Å². The number of hydrogen-bond donors (Lipinski definition) is 1. The first-order valence-corrected chi connectivity index (χ1v) is 4.67. The van der Waals surface area contributed by atoms with Crippen LogP contribution in [0.25, 0.3) is 5.57 Å². The standard InChI is InChI=1S/C12H15NO2/c1-9(12(14)15)11-6-4-5-10(7-11)8-13(2)3/h4-7H,1,8H2,2-3H3,(H,14,15). The Balaban J connectivity index is 2.92. The zero-order valence-electron chi connectivity index (χ0n) is 9.03. The molecule has 0 amide bonds. The third-order valence-corrected chi connectivity index (χ3v) is 2.03. The Morgan fingerprint density at radius 1 is 1.47 bits per heavy atom. The number of hydrogen-bond acceptors (Lipinski definition) is 2. The van der Waals surface area contributed by atoms with E-state index in [1.165, 1.54) is 0 Å². The van der Waals surface area contributed by atoms with E-state index in [2.05, 4.69) is 6.58 Å². The van der Waals surface area contributed by atoms with Crippen LogP contribution in [0.15, 0.2) is 30.8 Å². The Hall–Kier alpha value is -1.61. The van der Waals surface area contributed by atoms with Crippen LogP contribution in [0.3, 0.4) is 0 Å². The van der Waals surface area contributed by atoms with Crippen molar-refractivity contribution in [1.29, 1.82) is 0 Å². The van der Waals surface area contributed by atoms with E-state index in [0.717, 1.165) is 12.1 Å². The summed E-state index contributed by atoms with van der Waals surface area (Å²) in [6.45, 7) is 4.32. The van der Waals surface area contributed by atoms with Gasteiger partial charge in [0, 0.05) is 6.54 Å². The molecule has 0 aromatic heterocycles. The molecule has 3 heteroatoms. The summed E-state index contributed by atoms with van der Waals surface area (Å²) < 4.78 is 0. The maximum Gasteiger partial charge on any atom is 0.335 e. The van der Waals surface area contributed by atoms with Gasteiger partial charge in [-0.15, -0.1) is 0 Å². The summed E-state index contributed by atoms with van der Waals surface area (Å²) in [5, 5.41) is 8.80. The molecule has 0 unspecified atom stereocenters. The van der Waals surface area contributed by atoms with Crippen LogP contribution in [-0.2, 0) is 11.3 Å². The van der Waals surface area contributed by atoms with Gasteiger partial charge in [0.25, 0.3) is 0 Å². The quantitative estimate of drug-likeness (QED) is 0.762. The van der Waals surface area contributed by atoms with Gasteiger partial charge in [-0.1, -0.05) is 24.8 Å². The summed E-state index contributed by atoms with van der Waals surface area (Å²) in [4.78, 5) is 12.8. The highest BCUT2D eigenvalue weighted by atomic mass is 16.4. The Labute approximate surface area is 89.6 Å². The second-order valence-corrected chi connectivity index (χ2v) is 3.72. The van der Waals surface area contributed by atoms with Crippen molar-refractivity contribution in [2.75, 3.05) is 14.1 Å². The van der Waals surface area contributed by atoms with Crippen LogP contribution in [0.5, 0.6) is 0 Å². The number of carboxylic acid groups (broad SMARTS) is 1. The predicted octanol–water partition coefficient (Wildman–Crippen LogP) is 1.85. The zero-order chi connectivity index (χ0) is 11.4. The number of rotatable bonds is 4. The first-order valence-electron chi connectivity index (χ1n) is 4.67. The molecule has 1 aromatic rings. The van der Waals surface area contributed by atoms with Crippen LogP contribution < -0.4 is 0 Å². The van der Waals surface area contributed by atoms with Crippen molar-refractivity contribution in [1.82, 2.24) is 4.90 Å². The minimum atomic E-state index is -0.975. The van der Waals surface area contributed by atoms with Gasteiger partial charge in [0.15, 0.2) is 0 Å². The highest BCUT2D eigenvalue weighted by Gasteiger charge is 2.07. The Bertz CT molecular complexity index is 383. The van der Waals surface area contributed by atoms with Gasteiger partial charge in [-0.3, -0.25) is 0 Å². The average molecular weight is 205 g/mol. The average Bonchev–Trinajstić information content (AvgIpc) is 2.16. The highest BCUT2D eigenvalue weighted by Crippen LogP contribution is 2.15. The van der Waals surface area contributed by atoms with Gasteiger partial charge >= 0.3 is 5.97 Å². The maximum absolute atomic E-state index is 10.7. The summed E-state index contributed by atoms with van der Waals surface area (Å²) in [6, 6.07) is 7.44. The van der Waals surface area contributed by atoms with E-state index in [1.807, 2.05) is 37.2 Å². The van der Waals surface area contributed by atoms with E-state index in [4.69, 9.17) is 5.11 Å². The van der Waals surface area contributed by atoms with Gasteiger partial charge in [-0.25, -0.2) is 4.79 Å². The molecular weight excluding hydrogens is 190 g/mol. The van der Waals surface area contributed by atoms with Crippen LogP contribution in [0.1, 0.15) is 11.1 Å². The zero-order valence-corrected chi connectivity index (χ0v) is 9.03. The fourth-order valence-corrected chi connectivity index (χ4v) is 1.35. The first-order chi connectivity index (χ1) is 7.00. The van der Waals surface area contributed by atoms with Crippen molar-refractivity contribution >= 4 is 11.5 Å². The molecule has 1 N–H and O–H groups in total. The molecule has 0 saturated heterocycles. The first kappa shape index (κ1) is 11.5. The van der Waals surface area contributed by atoms with E-state index in [9.17, 15) is 4.79 Å². The maximum atomic E-state index is 10.7. The fourth-order valence-electron chi connectivity index (χ4n) is 1.35. The molecule has 0 spiro atoms.